The lowest BCUT2D eigenvalue weighted by Gasteiger charge is -2.37. The first-order valence-corrected chi connectivity index (χ1v) is 7.20. The van der Waals surface area contributed by atoms with Crippen LogP contribution in [-0.2, 0) is 4.74 Å². The predicted octanol–water partition coefficient (Wildman–Crippen LogP) is 3.23. The van der Waals surface area contributed by atoms with Crippen LogP contribution in [0.2, 0.25) is 0 Å². The molecule has 0 radical (unpaired) electrons. The number of hydrogen-bond acceptors (Lipinski definition) is 3. The molecule has 4 nitrogen and oxygen atoms in total. The number of amides is 1. The van der Waals surface area contributed by atoms with Gasteiger partial charge in [-0.25, -0.2) is 4.79 Å². The van der Waals surface area contributed by atoms with Crippen molar-refractivity contribution in [2.24, 2.45) is 5.41 Å². The van der Waals surface area contributed by atoms with Crippen molar-refractivity contribution in [3.05, 3.63) is 0 Å². The molecule has 112 valence electrons. The Bertz CT molecular complexity index is 312. The minimum Gasteiger partial charge on any atom is -0.444 e. The lowest BCUT2D eigenvalue weighted by molar-refractivity contribution is 0.0389. The molecule has 1 amide bonds. The Morgan fingerprint density at radius 2 is 1.74 bits per heavy atom. The molecule has 1 aliphatic rings. The van der Waals surface area contributed by atoms with E-state index in [0.717, 1.165) is 32.1 Å². The number of alkyl carbamates (subject to hydrolysis) is 1. The largest absolute Gasteiger partial charge is 0.444 e. The van der Waals surface area contributed by atoms with Crippen molar-refractivity contribution in [3.8, 4) is 0 Å². The van der Waals surface area contributed by atoms with Crippen LogP contribution < -0.4 is 5.32 Å². The fraction of sp³-hybridized carbons (Fsp3) is 0.933. The fourth-order valence-electron chi connectivity index (χ4n) is 2.89. The summed E-state index contributed by atoms with van der Waals surface area (Å²) >= 11 is 0. The lowest BCUT2D eigenvalue weighted by atomic mass is 9.78. The van der Waals surface area contributed by atoms with Crippen molar-refractivity contribution < 1.29 is 14.6 Å². The van der Waals surface area contributed by atoms with Crippen LogP contribution in [0.4, 0.5) is 4.79 Å². The van der Waals surface area contributed by atoms with Crippen molar-refractivity contribution >= 4 is 6.09 Å². The fourth-order valence-corrected chi connectivity index (χ4v) is 2.89. The third kappa shape index (κ3) is 5.39. The molecule has 0 aliphatic heterocycles. The molecule has 0 unspecified atom stereocenters. The molecule has 0 bridgehead atoms. The number of rotatable bonds is 4. The van der Waals surface area contributed by atoms with Crippen LogP contribution in [-0.4, -0.2) is 28.9 Å². The van der Waals surface area contributed by atoms with Gasteiger partial charge in [-0.05, 0) is 45.4 Å². The Balaban J connectivity index is 2.70. The van der Waals surface area contributed by atoms with Crippen LogP contribution in [0.25, 0.3) is 0 Å². The number of aliphatic hydroxyl groups is 1. The van der Waals surface area contributed by atoms with Gasteiger partial charge in [0, 0.05) is 12.1 Å². The van der Waals surface area contributed by atoms with Gasteiger partial charge in [-0.1, -0.05) is 26.7 Å². The van der Waals surface area contributed by atoms with Crippen molar-refractivity contribution in [2.75, 3.05) is 6.61 Å². The topological polar surface area (TPSA) is 58.6 Å². The van der Waals surface area contributed by atoms with Crippen LogP contribution in [0.15, 0.2) is 0 Å². The predicted molar refractivity (Wildman–Crippen MR) is 76.1 cm³/mol. The van der Waals surface area contributed by atoms with Gasteiger partial charge < -0.3 is 15.2 Å². The molecule has 0 aromatic rings. The highest BCUT2D eigenvalue weighted by Gasteiger charge is 2.40. The van der Waals surface area contributed by atoms with E-state index in [0.29, 0.717) is 0 Å². The molecule has 1 saturated carbocycles. The Labute approximate surface area is 116 Å². The van der Waals surface area contributed by atoms with Crippen molar-refractivity contribution in [1.82, 2.24) is 5.32 Å². The van der Waals surface area contributed by atoms with Gasteiger partial charge in [0.05, 0.1) is 0 Å². The summed E-state index contributed by atoms with van der Waals surface area (Å²) in [5, 5.41) is 12.5. The van der Waals surface area contributed by atoms with E-state index >= 15 is 0 Å². The second kappa shape index (κ2) is 5.70. The highest BCUT2D eigenvalue weighted by molar-refractivity contribution is 5.68. The molecule has 1 rings (SSSR count). The second-order valence-corrected chi connectivity index (χ2v) is 7.61. The minimum absolute atomic E-state index is 0.130. The molecule has 1 fully saturated rings. The van der Waals surface area contributed by atoms with Gasteiger partial charge in [0.25, 0.3) is 0 Å². The standard InChI is InChI=1S/C15H29NO3/c1-13(2,3)19-12(18)16-15(8-6-7-9-15)10-14(4,5)11-17/h17H,6-11H2,1-5H3,(H,16,18). The zero-order chi connectivity index (χ0) is 14.7. The SMILES string of the molecule is CC(C)(CO)CC1(NC(=O)OC(C)(C)C)CCCC1. The maximum Gasteiger partial charge on any atom is 0.408 e. The molecule has 2 N–H and O–H groups in total. The molecular formula is C15H29NO3. The number of carbonyl (C=O) groups is 1. The second-order valence-electron chi connectivity index (χ2n) is 7.61. The first-order valence-electron chi connectivity index (χ1n) is 7.20. The van der Waals surface area contributed by atoms with Gasteiger partial charge in [-0.15, -0.1) is 0 Å². The smallest absolute Gasteiger partial charge is 0.408 e. The van der Waals surface area contributed by atoms with Crippen LogP contribution in [0.3, 0.4) is 0 Å². The average Bonchev–Trinajstić information content (AvgIpc) is 2.62. The summed E-state index contributed by atoms with van der Waals surface area (Å²) in [4.78, 5) is 12.0. The maximum atomic E-state index is 12.0. The van der Waals surface area contributed by atoms with Crippen LogP contribution >= 0.6 is 0 Å². The molecule has 0 heterocycles. The summed E-state index contributed by atoms with van der Waals surface area (Å²) in [5.41, 5.74) is -0.871. The monoisotopic (exact) mass is 271 g/mol. The first kappa shape index (κ1) is 16.3. The highest BCUT2D eigenvalue weighted by Crippen LogP contribution is 2.39. The molecule has 4 heteroatoms. The number of nitrogens with one attached hydrogen (secondary N) is 1. The average molecular weight is 271 g/mol. The maximum absolute atomic E-state index is 12.0. The van der Waals surface area contributed by atoms with E-state index in [9.17, 15) is 9.90 Å². The van der Waals surface area contributed by atoms with Crippen molar-refractivity contribution in [3.63, 3.8) is 0 Å². The summed E-state index contributed by atoms with van der Waals surface area (Å²) in [5.74, 6) is 0. The summed E-state index contributed by atoms with van der Waals surface area (Å²) in [6.45, 7) is 9.79. The van der Waals surface area contributed by atoms with Gasteiger partial charge in [-0.3, -0.25) is 0 Å². The van der Waals surface area contributed by atoms with Crippen LogP contribution in [0.1, 0.15) is 66.7 Å². The first-order chi connectivity index (χ1) is 8.58. The molecular weight excluding hydrogens is 242 g/mol. The van der Waals surface area contributed by atoms with E-state index in [1.807, 2.05) is 34.6 Å². The van der Waals surface area contributed by atoms with Gasteiger partial charge in [-0.2, -0.15) is 0 Å². The van der Waals surface area contributed by atoms with Gasteiger partial charge >= 0.3 is 6.09 Å². The third-order valence-electron chi connectivity index (χ3n) is 3.57. The molecule has 0 spiro atoms. The van der Waals surface area contributed by atoms with E-state index in [-0.39, 0.29) is 23.7 Å². The quantitative estimate of drug-likeness (QED) is 0.825. The summed E-state index contributed by atoms with van der Waals surface area (Å²) in [6, 6.07) is 0. The third-order valence-corrected chi connectivity index (χ3v) is 3.57. The Kier molecular flexibility index (Phi) is 4.88. The van der Waals surface area contributed by atoms with Crippen molar-refractivity contribution in [2.45, 2.75) is 77.9 Å². The number of hydrogen-bond donors (Lipinski definition) is 2. The normalized spacial score (nSPS) is 19.3. The Hall–Kier alpha value is -0.770. The van der Waals surface area contributed by atoms with E-state index in [1.165, 1.54) is 0 Å². The van der Waals surface area contributed by atoms with Gasteiger partial charge in [0.2, 0.25) is 0 Å². The van der Waals surface area contributed by atoms with Gasteiger partial charge in [0.15, 0.2) is 0 Å². The number of ether oxygens (including phenoxy) is 1. The zero-order valence-electron chi connectivity index (χ0n) is 13.0. The van der Waals surface area contributed by atoms with Crippen molar-refractivity contribution in [1.29, 1.82) is 0 Å². The summed E-state index contributed by atoms with van der Waals surface area (Å²) in [7, 11) is 0. The number of carbonyl (C=O) groups excluding carboxylic acids is 1. The van der Waals surface area contributed by atoms with E-state index in [4.69, 9.17) is 4.74 Å². The minimum atomic E-state index is -0.476. The van der Waals surface area contributed by atoms with Crippen LogP contribution in [0, 0.1) is 5.41 Å². The summed E-state index contributed by atoms with van der Waals surface area (Å²) in [6.07, 6.45) is 4.62. The van der Waals surface area contributed by atoms with Crippen LogP contribution in [0.5, 0.6) is 0 Å². The molecule has 0 atom stereocenters. The lowest BCUT2D eigenvalue weighted by Crippen LogP contribution is -2.50. The molecule has 0 aromatic heterocycles. The zero-order valence-corrected chi connectivity index (χ0v) is 13.0. The molecule has 0 aromatic carbocycles. The molecule has 1 aliphatic carbocycles. The Morgan fingerprint density at radius 3 is 2.16 bits per heavy atom. The van der Waals surface area contributed by atoms with E-state index < -0.39 is 5.60 Å². The number of aliphatic hydroxyl groups excluding tert-OH is 1. The van der Waals surface area contributed by atoms with E-state index in [2.05, 4.69) is 5.32 Å². The molecule has 19 heavy (non-hydrogen) atoms. The summed E-state index contributed by atoms with van der Waals surface area (Å²) < 4.78 is 5.36. The van der Waals surface area contributed by atoms with Gasteiger partial charge in [0.1, 0.15) is 5.60 Å². The highest BCUT2D eigenvalue weighted by atomic mass is 16.6. The van der Waals surface area contributed by atoms with E-state index in [1.54, 1.807) is 0 Å². The Morgan fingerprint density at radius 1 is 1.21 bits per heavy atom. The molecule has 0 saturated heterocycles.